The molecule has 0 bridgehead atoms. The number of nitrogens with one attached hydrogen (secondary N) is 2. The third-order valence-electron chi connectivity index (χ3n) is 5.86. The van der Waals surface area contributed by atoms with Gasteiger partial charge in [0.15, 0.2) is 0 Å². The van der Waals surface area contributed by atoms with Crippen molar-refractivity contribution in [2.45, 2.75) is 46.3 Å². The molecule has 0 saturated heterocycles. The number of hydrogen-bond acceptors (Lipinski definition) is 3. The fourth-order valence-corrected chi connectivity index (χ4v) is 4.32. The Hall–Kier alpha value is -4.01. The minimum Gasteiger partial charge on any atom is -0.490 e. The van der Waals surface area contributed by atoms with E-state index in [2.05, 4.69) is 28.2 Å². The number of aliphatic hydroxyl groups is 1. The molecule has 0 aliphatic carbocycles. The highest BCUT2D eigenvalue weighted by Gasteiger charge is 2.19. The maximum absolute atomic E-state index is 13.4. The van der Waals surface area contributed by atoms with Gasteiger partial charge in [0, 0.05) is 28.2 Å². The third kappa shape index (κ3) is 6.16. The molecule has 0 aliphatic heterocycles. The first-order chi connectivity index (χ1) is 17.3. The molecule has 3 aromatic carbocycles. The number of carbonyl (C=O) groups is 1. The predicted molar refractivity (Wildman–Crippen MR) is 144 cm³/mol. The lowest BCUT2D eigenvalue weighted by Gasteiger charge is -2.19. The number of carbonyl (C=O) groups excluding carboxylic acids is 1. The molecule has 5 heteroatoms. The van der Waals surface area contributed by atoms with Crippen LogP contribution in [0.3, 0.4) is 0 Å². The van der Waals surface area contributed by atoms with Crippen LogP contribution in [-0.2, 0) is 6.42 Å². The molecule has 1 atom stereocenters. The molecule has 0 saturated carbocycles. The van der Waals surface area contributed by atoms with Crippen LogP contribution >= 0.6 is 0 Å². The summed E-state index contributed by atoms with van der Waals surface area (Å²) in [7, 11) is 0. The van der Waals surface area contributed by atoms with Crippen molar-refractivity contribution >= 4 is 16.8 Å². The Morgan fingerprint density at radius 1 is 1.00 bits per heavy atom. The molecule has 0 spiro atoms. The van der Waals surface area contributed by atoms with Crippen molar-refractivity contribution in [3.63, 3.8) is 0 Å². The van der Waals surface area contributed by atoms with Crippen molar-refractivity contribution < 1.29 is 14.6 Å². The lowest BCUT2D eigenvalue weighted by atomic mass is 10.0. The lowest BCUT2D eigenvalue weighted by Crippen LogP contribution is -2.39. The van der Waals surface area contributed by atoms with Crippen molar-refractivity contribution in [3.8, 4) is 17.6 Å². The normalized spacial score (nSPS) is 11.7. The number of H-pyrrole nitrogens is 1. The van der Waals surface area contributed by atoms with Crippen LogP contribution in [0.1, 0.15) is 52.0 Å². The maximum atomic E-state index is 13.4. The quantitative estimate of drug-likeness (QED) is 0.314. The van der Waals surface area contributed by atoms with E-state index in [-0.39, 0.29) is 18.6 Å². The predicted octanol–water partition coefficient (Wildman–Crippen LogP) is 5.31. The molecule has 1 amide bonds. The van der Waals surface area contributed by atoms with Gasteiger partial charge < -0.3 is 20.1 Å². The summed E-state index contributed by atoms with van der Waals surface area (Å²) in [5.41, 5.74) is 6.42. The number of para-hydroxylation sites is 1. The lowest BCUT2D eigenvalue weighted by molar-refractivity contribution is 0.0910. The van der Waals surface area contributed by atoms with E-state index >= 15 is 0 Å². The number of aryl methyl sites for hydroxylation is 2. The number of benzene rings is 3. The molecular weight excluding hydrogens is 448 g/mol. The number of aromatic amines is 1. The Kier molecular flexibility index (Phi) is 7.77. The molecule has 1 heterocycles. The number of hydrogen-bond donors (Lipinski definition) is 3. The van der Waals surface area contributed by atoms with Crippen LogP contribution in [0.25, 0.3) is 10.9 Å². The Morgan fingerprint density at radius 3 is 2.44 bits per heavy atom. The molecule has 4 aromatic rings. The number of aromatic nitrogens is 1. The average Bonchev–Trinajstić information content (AvgIpc) is 3.24. The summed E-state index contributed by atoms with van der Waals surface area (Å²) in [5.74, 6) is 6.56. The number of amides is 1. The van der Waals surface area contributed by atoms with Gasteiger partial charge in [0.25, 0.3) is 5.91 Å². The topological polar surface area (TPSA) is 74.3 Å². The van der Waals surface area contributed by atoms with E-state index < -0.39 is 6.04 Å². The van der Waals surface area contributed by atoms with E-state index in [1.165, 1.54) is 0 Å². The number of fused-ring (bicyclic) bond motifs is 1. The fraction of sp³-hybridized carbons (Fsp3) is 0.258. The second kappa shape index (κ2) is 11.2. The average molecular weight is 481 g/mol. The zero-order valence-electron chi connectivity index (χ0n) is 21.2. The van der Waals surface area contributed by atoms with Crippen LogP contribution in [0.2, 0.25) is 0 Å². The van der Waals surface area contributed by atoms with Gasteiger partial charge in [-0.2, -0.15) is 0 Å². The van der Waals surface area contributed by atoms with Crippen LogP contribution in [0, 0.1) is 25.7 Å². The summed E-state index contributed by atoms with van der Waals surface area (Å²) < 4.78 is 5.92. The SMILES string of the molecule is Cc1cc(C)cc(C#Cc2ccc(OC(C)C)c(C(=O)N[C@@H](CO)Cc3c[nH]c4ccccc34)c2)c1. The van der Waals surface area contributed by atoms with Crippen LogP contribution in [-0.4, -0.2) is 34.8 Å². The number of ether oxygens (including phenoxy) is 1. The van der Waals surface area contributed by atoms with Gasteiger partial charge in [-0.3, -0.25) is 4.79 Å². The summed E-state index contributed by atoms with van der Waals surface area (Å²) in [6.07, 6.45) is 2.33. The molecule has 5 nitrogen and oxygen atoms in total. The molecule has 0 fully saturated rings. The molecule has 36 heavy (non-hydrogen) atoms. The van der Waals surface area contributed by atoms with Crippen molar-refractivity contribution in [1.82, 2.24) is 10.3 Å². The van der Waals surface area contributed by atoms with Gasteiger partial charge >= 0.3 is 0 Å². The summed E-state index contributed by atoms with van der Waals surface area (Å²) >= 11 is 0. The van der Waals surface area contributed by atoms with E-state index in [9.17, 15) is 9.90 Å². The largest absolute Gasteiger partial charge is 0.490 e. The van der Waals surface area contributed by atoms with Gasteiger partial charge in [0.1, 0.15) is 5.75 Å². The van der Waals surface area contributed by atoms with E-state index in [1.54, 1.807) is 12.1 Å². The Bertz CT molecular complexity index is 1420. The highest BCUT2D eigenvalue weighted by Crippen LogP contribution is 2.23. The number of aliphatic hydroxyl groups excluding tert-OH is 1. The Balaban J connectivity index is 1.59. The first-order valence-electron chi connectivity index (χ1n) is 12.2. The van der Waals surface area contributed by atoms with Gasteiger partial charge in [-0.1, -0.05) is 36.1 Å². The highest BCUT2D eigenvalue weighted by atomic mass is 16.5. The van der Waals surface area contributed by atoms with Crippen LogP contribution in [0.5, 0.6) is 5.75 Å². The molecule has 0 unspecified atom stereocenters. The van der Waals surface area contributed by atoms with E-state index in [0.717, 1.165) is 33.2 Å². The van der Waals surface area contributed by atoms with Crippen molar-refractivity contribution in [2.24, 2.45) is 0 Å². The van der Waals surface area contributed by atoms with Crippen LogP contribution in [0.4, 0.5) is 0 Å². The molecule has 0 aliphatic rings. The molecule has 3 N–H and O–H groups in total. The van der Waals surface area contributed by atoms with Gasteiger partial charge in [-0.15, -0.1) is 0 Å². The van der Waals surface area contributed by atoms with Crippen molar-refractivity contribution in [3.05, 3.63) is 100 Å². The second-order valence-corrected chi connectivity index (χ2v) is 9.42. The van der Waals surface area contributed by atoms with Crippen LogP contribution < -0.4 is 10.1 Å². The van der Waals surface area contributed by atoms with Gasteiger partial charge in [-0.25, -0.2) is 0 Å². The zero-order valence-corrected chi connectivity index (χ0v) is 21.2. The minimum atomic E-state index is -0.450. The summed E-state index contributed by atoms with van der Waals surface area (Å²) in [6, 6.07) is 19.1. The summed E-state index contributed by atoms with van der Waals surface area (Å²) in [5, 5.41) is 14.1. The Labute approximate surface area is 212 Å². The molecule has 184 valence electrons. The van der Waals surface area contributed by atoms with E-state index in [1.807, 2.05) is 76.4 Å². The van der Waals surface area contributed by atoms with Gasteiger partial charge in [-0.05, 0) is 87.2 Å². The standard InChI is InChI=1S/C31H32N2O3/c1-20(2)36-30-12-11-23(9-10-24-14-21(3)13-22(4)15-24)16-28(30)31(35)33-26(19-34)17-25-18-32-29-8-6-5-7-27(25)29/h5-8,11-16,18,20,26,32,34H,17,19H2,1-4H3,(H,33,35)/t26-/m1/s1. The monoisotopic (exact) mass is 480 g/mol. The van der Waals surface area contributed by atoms with E-state index in [0.29, 0.717) is 23.3 Å². The van der Waals surface area contributed by atoms with Gasteiger partial charge in [0.2, 0.25) is 0 Å². The highest BCUT2D eigenvalue weighted by molar-refractivity contribution is 5.97. The van der Waals surface area contributed by atoms with Gasteiger partial charge in [0.05, 0.1) is 24.3 Å². The molecule has 0 radical (unpaired) electrons. The first kappa shape index (κ1) is 25.1. The third-order valence-corrected chi connectivity index (χ3v) is 5.86. The minimum absolute atomic E-state index is 0.0939. The first-order valence-corrected chi connectivity index (χ1v) is 12.2. The molecule has 1 aromatic heterocycles. The second-order valence-electron chi connectivity index (χ2n) is 9.42. The maximum Gasteiger partial charge on any atom is 0.255 e. The van der Waals surface area contributed by atoms with Crippen LogP contribution in [0.15, 0.2) is 66.9 Å². The molecular formula is C31H32N2O3. The summed E-state index contributed by atoms with van der Waals surface area (Å²) in [4.78, 5) is 16.6. The fourth-order valence-electron chi connectivity index (χ4n) is 4.32. The summed E-state index contributed by atoms with van der Waals surface area (Å²) in [6.45, 7) is 7.75. The number of rotatable bonds is 7. The zero-order chi connectivity index (χ0) is 25.7. The van der Waals surface area contributed by atoms with Crippen molar-refractivity contribution in [2.75, 3.05) is 6.61 Å². The Morgan fingerprint density at radius 2 is 1.72 bits per heavy atom. The van der Waals surface area contributed by atoms with E-state index in [4.69, 9.17) is 4.74 Å². The molecule has 4 rings (SSSR count). The van der Waals surface area contributed by atoms with Crippen molar-refractivity contribution in [1.29, 1.82) is 0 Å². The smallest absolute Gasteiger partial charge is 0.255 e.